The molecule has 3 aromatic rings. The molecule has 6 nitrogen and oxygen atoms in total. The van der Waals surface area contributed by atoms with Gasteiger partial charge in [0.25, 0.3) is 0 Å². The van der Waals surface area contributed by atoms with Gasteiger partial charge in [-0.25, -0.2) is 0 Å². The van der Waals surface area contributed by atoms with Crippen molar-refractivity contribution in [2.75, 3.05) is 7.05 Å². The van der Waals surface area contributed by atoms with Crippen molar-refractivity contribution < 1.29 is 13.5 Å². The summed E-state index contributed by atoms with van der Waals surface area (Å²) >= 11 is 0. The van der Waals surface area contributed by atoms with Crippen molar-refractivity contribution in [3.8, 4) is 5.75 Å². The van der Waals surface area contributed by atoms with Crippen molar-refractivity contribution in [3.63, 3.8) is 0 Å². The van der Waals surface area contributed by atoms with E-state index in [1.54, 1.807) is 25.4 Å². The van der Waals surface area contributed by atoms with Gasteiger partial charge in [0.2, 0.25) is 0 Å². The molecule has 0 spiro atoms. The van der Waals surface area contributed by atoms with Crippen LogP contribution in [0.25, 0.3) is 0 Å². The quantitative estimate of drug-likeness (QED) is 0.437. The molecule has 30 heavy (non-hydrogen) atoms. The number of hydrogen-bond donors (Lipinski definition) is 2. The number of benzene rings is 2. The monoisotopic (exact) mass is 413 g/mol. The van der Waals surface area contributed by atoms with Gasteiger partial charge in [-0.2, -0.15) is 13.9 Å². The zero-order chi connectivity index (χ0) is 21.3. The normalized spacial score (nSPS) is 11.6. The van der Waals surface area contributed by atoms with Crippen LogP contribution in [-0.2, 0) is 19.6 Å². The molecule has 0 fully saturated rings. The minimum atomic E-state index is -2.86. The van der Waals surface area contributed by atoms with E-state index in [9.17, 15) is 8.78 Å². The van der Waals surface area contributed by atoms with E-state index in [4.69, 9.17) is 0 Å². The molecule has 158 valence electrons. The van der Waals surface area contributed by atoms with Gasteiger partial charge in [-0.3, -0.25) is 9.67 Å². The molecule has 0 aliphatic rings. The zero-order valence-electron chi connectivity index (χ0n) is 17.0. The molecule has 0 aliphatic carbocycles. The second-order valence-corrected chi connectivity index (χ2v) is 6.80. The Labute approximate surface area is 174 Å². The van der Waals surface area contributed by atoms with Gasteiger partial charge in [-0.15, -0.1) is 0 Å². The number of guanidine groups is 1. The minimum absolute atomic E-state index is 0.153. The van der Waals surface area contributed by atoms with Crippen LogP contribution in [0.5, 0.6) is 5.75 Å². The number of alkyl halides is 2. The fourth-order valence-corrected chi connectivity index (χ4v) is 3.00. The highest BCUT2D eigenvalue weighted by molar-refractivity contribution is 5.79. The Kier molecular flexibility index (Phi) is 7.37. The van der Waals surface area contributed by atoms with Crippen LogP contribution in [0, 0.1) is 6.92 Å². The SMILES string of the molecule is CN=C(NCc1cnn(Cc2ccccc2)c1)NCc1cc(C)ccc1OC(F)F. The molecule has 0 saturated heterocycles. The lowest BCUT2D eigenvalue weighted by Crippen LogP contribution is -2.36. The van der Waals surface area contributed by atoms with E-state index in [2.05, 4.69) is 37.6 Å². The first kappa shape index (κ1) is 21.3. The third kappa shape index (κ3) is 6.30. The van der Waals surface area contributed by atoms with Crippen LogP contribution in [0.15, 0.2) is 65.9 Å². The van der Waals surface area contributed by atoms with E-state index in [0.717, 1.165) is 11.1 Å². The summed E-state index contributed by atoms with van der Waals surface area (Å²) in [6.45, 7) is 0.569. The number of aromatic nitrogens is 2. The Morgan fingerprint density at radius 2 is 1.87 bits per heavy atom. The first-order chi connectivity index (χ1) is 14.5. The van der Waals surface area contributed by atoms with Crippen LogP contribution in [0.3, 0.4) is 0 Å². The Hall–Kier alpha value is -3.42. The summed E-state index contributed by atoms with van der Waals surface area (Å²) in [6.07, 6.45) is 3.78. The molecule has 0 aliphatic heterocycles. The number of rotatable bonds is 8. The van der Waals surface area contributed by atoms with Crippen molar-refractivity contribution in [2.24, 2.45) is 4.99 Å². The molecule has 0 bridgehead atoms. The standard InChI is InChI=1S/C22H25F2N5O/c1-16-8-9-20(30-21(23)24)19(10-16)13-27-22(25-2)26-11-18-12-28-29(15-18)14-17-6-4-3-5-7-17/h3-10,12,15,21H,11,13-14H2,1-2H3,(H2,25,26,27). The number of nitrogens with one attached hydrogen (secondary N) is 2. The minimum Gasteiger partial charge on any atom is -0.434 e. The fraction of sp³-hybridized carbons (Fsp3) is 0.273. The Balaban J connectivity index is 1.54. The number of nitrogens with zero attached hydrogens (tertiary/aromatic N) is 3. The van der Waals surface area contributed by atoms with Gasteiger partial charge in [0, 0.05) is 37.5 Å². The topological polar surface area (TPSA) is 63.5 Å². The van der Waals surface area contributed by atoms with E-state index in [-0.39, 0.29) is 5.75 Å². The van der Waals surface area contributed by atoms with Crippen molar-refractivity contribution in [1.82, 2.24) is 20.4 Å². The number of aryl methyl sites for hydroxylation is 1. The van der Waals surface area contributed by atoms with Gasteiger partial charge in [-0.05, 0) is 18.6 Å². The molecule has 2 N–H and O–H groups in total. The maximum absolute atomic E-state index is 12.6. The molecule has 1 heterocycles. The third-order valence-corrected chi connectivity index (χ3v) is 4.44. The second kappa shape index (κ2) is 10.4. The van der Waals surface area contributed by atoms with Gasteiger partial charge in [0.1, 0.15) is 5.75 Å². The summed E-state index contributed by atoms with van der Waals surface area (Å²) in [7, 11) is 1.65. The maximum atomic E-state index is 12.6. The molecular weight excluding hydrogens is 388 g/mol. The molecule has 2 aromatic carbocycles. The van der Waals surface area contributed by atoms with E-state index < -0.39 is 6.61 Å². The van der Waals surface area contributed by atoms with Crippen LogP contribution in [0.2, 0.25) is 0 Å². The Morgan fingerprint density at radius 1 is 1.10 bits per heavy atom. The molecule has 0 atom stereocenters. The third-order valence-electron chi connectivity index (χ3n) is 4.44. The lowest BCUT2D eigenvalue weighted by molar-refractivity contribution is -0.0504. The lowest BCUT2D eigenvalue weighted by Gasteiger charge is -2.15. The van der Waals surface area contributed by atoms with E-state index in [1.807, 2.05) is 42.1 Å². The summed E-state index contributed by atoms with van der Waals surface area (Å²) in [4.78, 5) is 4.18. The average molecular weight is 413 g/mol. The highest BCUT2D eigenvalue weighted by atomic mass is 19.3. The van der Waals surface area contributed by atoms with Crippen LogP contribution in [0.1, 0.15) is 22.3 Å². The molecule has 0 unspecified atom stereocenters. The van der Waals surface area contributed by atoms with E-state index >= 15 is 0 Å². The predicted molar refractivity (Wildman–Crippen MR) is 113 cm³/mol. The van der Waals surface area contributed by atoms with E-state index in [1.165, 1.54) is 5.56 Å². The van der Waals surface area contributed by atoms with Gasteiger partial charge in [0.15, 0.2) is 5.96 Å². The number of aliphatic imine (C=N–C) groups is 1. The maximum Gasteiger partial charge on any atom is 0.387 e. The highest BCUT2D eigenvalue weighted by Gasteiger charge is 2.10. The largest absolute Gasteiger partial charge is 0.434 e. The number of halogens is 2. The van der Waals surface area contributed by atoms with Gasteiger partial charge < -0.3 is 15.4 Å². The van der Waals surface area contributed by atoms with Crippen molar-refractivity contribution >= 4 is 5.96 Å². The lowest BCUT2D eigenvalue weighted by atomic mass is 10.1. The first-order valence-corrected chi connectivity index (χ1v) is 9.57. The van der Waals surface area contributed by atoms with Crippen molar-refractivity contribution in [1.29, 1.82) is 0 Å². The molecular formula is C22H25F2N5O. The number of hydrogen-bond acceptors (Lipinski definition) is 3. The summed E-state index contributed by atoms with van der Waals surface area (Å²) < 4.78 is 31.7. The van der Waals surface area contributed by atoms with Gasteiger partial charge in [-0.1, -0.05) is 48.0 Å². The Morgan fingerprint density at radius 3 is 2.60 bits per heavy atom. The summed E-state index contributed by atoms with van der Waals surface area (Å²) in [5, 5.41) is 10.7. The average Bonchev–Trinajstić information content (AvgIpc) is 3.17. The van der Waals surface area contributed by atoms with Crippen LogP contribution >= 0.6 is 0 Å². The van der Waals surface area contributed by atoms with Crippen LogP contribution in [-0.4, -0.2) is 29.4 Å². The molecule has 1 aromatic heterocycles. The first-order valence-electron chi connectivity index (χ1n) is 9.57. The molecule has 8 heteroatoms. The summed E-state index contributed by atoms with van der Waals surface area (Å²) in [5.74, 6) is 0.705. The predicted octanol–water partition coefficient (Wildman–Crippen LogP) is 3.71. The van der Waals surface area contributed by atoms with E-state index in [0.29, 0.717) is 31.2 Å². The molecule has 0 amide bonds. The second-order valence-electron chi connectivity index (χ2n) is 6.80. The molecule has 0 saturated carbocycles. The highest BCUT2D eigenvalue weighted by Crippen LogP contribution is 2.22. The van der Waals surface area contributed by atoms with Crippen LogP contribution in [0.4, 0.5) is 8.78 Å². The van der Waals surface area contributed by atoms with Gasteiger partial charge in [0.05, 0.1) is 12.7 Å². The molecule has 0 radical (unpaired) electrons. The van der Waals surface area contributed by atoms with Crippen molar-refractivity contribution in [3.05, 3.63) is 83.2 Å². The smallest absolute Gasteiger partial charge is 0.387 e. The van der Waals surface area contributed by atoms with Crippen molar-refractivity contribution in [2.45, 2.75) is 33.2 Å². The van der Waals surface area contributed by atoms with Gasteiger partial charge >= 0.3 is 6.61 Å². The zero-order valence-corrected chi connectivity index (χ0v) is 17.0. The summed E-state index contributed by atoms with van der Waals surface area (Å²) in [6, 6.07) is 15.2. The fourth-order valence-electron chi connectivity index (χ4n) is 3.00. The number of ether oxygens (including phenoxy) is 1. The molecule has 3 rings (SSSR count). The van der Waals surface area contributed by atoms with Crippen LogP contribution < -0.4 is 15.4 Å². The Bertz CT molecular complexity index is 973. The summed E-state index contributed by atoms with van der Waals surface area (Å²) in [5.41, 5.74) is 3.78.